The van der Waals surface area contributed by atoms with Crippen LogP contribution in [0.4, 0.5) is 0 Å². The molecule has 1 saturated heterocycles. The van der Waals surface area contributed by atoms with E-state index in [1.807, 2.05) is 0 Å². The molecule has 0 radical (unpaired) electrons. The lowest BCUT2D eigenvalue weighted by molar-refractivity contribution is 0.375. The van der Waals surface area contributed by atoms with Gasteiger partial charge >= 0.3 is 0 Å². The molecule has 48 valence electrons. The summed E-state index contributed by atoms with van der Waals surface area (Å²) >= 11 is 0. The van der Waals surface area contributed by atoms with Crippen LogP contribution in [0.3, 0.4) is 0 Å². The van der Waals surface area contributed by atoms with E-state index in [4.69, 9.17) is 0 Å². The topological polar surface area (TPSA) is 21.9 Å². The maximum atomic E-state index is 3.29. The molecule has 0 spiro atoms. The lowest BCUT2D eigenvalue weighted by Gasteiger charge is -2.15. The summed E-state index contributed by atoms with van der Waals surface area (Å²) in [6, 6.07) is 0.843. The van der Waals surface area contributed by atoms with E-state index in [0.29, 0.717) is 5.41 Å². The molecule has 1 aliphatic heterocycles. The minimum absolute atomic E-state index is 0.522. The summed E-state index contributed by atoms with van der Waals surface area (Å²) in [7, 11) is 0. The van der Waals surface area contributed by atoms with Crippen LogP contribution in [0.25, 0.3) is 0 Å². The molecular weight excluding hydrogens is 98.1 g/mol. The molecular formula is C7H15N. The van der Waals surface area contributed by atoms with Crippen molar-refractivity contribution in [1.82, 2.24) is 5.32 Å². The average Bonchev–Trinajstić information content (AvgIpc) is 2.12. The highest BCUT2D eigenvalue weighted by molar-refractivity contribution is 4.86. The second-order valence-electron chi connectivity index (χ2n) is 3.87. The van der Waals surface area contributed by atoms with E-state index in [-0.39, 0.29) is 0 Å². The normalized spacial score (nSPS) is 28.1. The molecule has 1 rings (SSSR count). The van der Waals surface area contributed by atoms with Crippen LogP contribution in [0.2, 0.25) is 0 Å². The molecule has 1 heterocycles. The van der Waals surface area contributed by atoms with Gasteiger partial charge in [0.2, 0.25) is 0 Å². The smallest absolute Gasteiger partial charge is 0.0198 e. The molecule has 1 fully saturated rings. The fraction of sp³-hybridized carbons (Fsp3) is 1.00. The van der Waals surface area contributed by atoms with Gasteiger partial charge in [0.05, 0.1) is 0 Å². The zero-order valence-corrected chi connectivity index (χ0v) is 5.99. The maximum absolute atomic E-state index is 3.29. The summed E-state index contributed by atoms with van der Waals surface area (Å²) in [6.45, 7) is 8.10. The first-order valence-corrected chi connectivity index (χ1v) is 3.31. The highest BCUT2D eigenvalue weighted by atomic mass is 15.1. The van der Waals surface area contributed by atoms with Gasteiger partial charge in [-0.15, -0.1) is 0 Å². The summed E-state index contributed by atoms with van der Waals surface area (Å²) in [5, 5.41) is 3.29. The van der Waals surface area contributed by atoms with Crippen molar-refractivity contribution in [1.29, 1.82) is 0 Å². The molecule has 1 aliphatic rings. The summed E-state index contributed by atoms with van der Waals surface area (Å²) in [4.78, 5) is 0. The number of rotatable bonds is 1. The van der Waals surface area contributed by atoms with E-state index in [1.54, 1.807) is 0 Å². The zero-order valence-electron chi connectivity index (χ0n) is 5.99. The standard InChI is InChI=1S/C7H15N/c1-7(2,3)4-6-5-8-6/h6,8H,4-5H2,1-3H3/t6-/m1/s1. The third-order valence-electron chi connectivity index (χ3n) is 1.35. The third kappa shape index (κ3) is 2.31. The molecule has 0 aromatic rings. The van der Waals surface area contributed by atoms with Gasteiger partial charge in [0.15, 0.2) is 0 Å². The predicted molar refractivity (Wildman–Crippen MR) is 35.9 cm³/mol. The van der Waals surface area contributed by atoms with Crippen molar-refractivity contribution in [3.05, 3.63) is 0 Å². The molecule has 0 aromatic heterocycles. The molecule has 0 amide bonds. The molecule has 1 heteroatoms. The molecule has 1 N–H and O–H groups in total. The van der Waals surface area contributed by atoms with Gasteiger partial charge in [-0.1, -0.05) is 20.8 Å². The van der Waals surface area contributed by atoms with Crippen LogP contribution in [0, 0.1) is 5.41 Å². The Morgan fingerprint density at radius 2 is 2.00 bits per heavy atom. The van der Waals surface area contributed by atoms with Crippen molar-refractivity contribution in [3.8, 4) is 0 Å². The highest BCUT2D eigenvalue weighted by Gasteiger charge is 2.25. The van der Waals surface area contributed by atoms with Crippen molar-refractivity contribution in [3.63, 3.8) is 0 Å². The molecule has 1 atom stereocenters. The Hall–Kier alpha value is -0.0400. The van der Waals surface area contributed by atoms with Gasteiger partial charge in [0.25, 0.3) is 0 Å². The van der Waals surface area contributed by atoms with Gasteiger partial charge in [-0.05, 0) is 11.8 Å². The van der Waals surface area contributed by atoms with Crippen LogP contribution >= 0.6 is 0 Å². The molecule has 1 nitrogen and oxygen atoms in total. The van der Waals surface area contributed by atoms with Crippen molar-refractivity contribution >= 4 is 0 Å². The van der Waals surface area contributed by atoms with Crippen LogP contribution < -0.4 is 5.32 Å². The van der Waals surface area contributed by atoms with Crippen LogP contribution in [0.1, 0.15) is 27.2 Å². The Morgan fingerprint density at radius 3 is 2.12 bits per heavy atom. The first-order chi connectivity index (χ1) is 3.58. The zero-order chi connectivity index (χ0) is 6.20. The van der Waals surface area contributed by atoms with E-state index in [2.05, 4.69) is 26.1 Å². The van der Waals surface area contributed by atoms with Crippen LogP contribution in [-0.4, -0.2) is 12.6 Å². The minimum atomic E-state index is 0.522. The van der Waals surface area contributed by atoms with Crippen molar-refractivity contribution in [2.75, 3.05) is 6.54 Å². The predicted octanol–water partition coefficient (Wildman–Crippen LogP) is 1.39. The molecule has 8 heavy (non-hydrogen) atoms. The van der Waals surface area contributed by atoms with E-state index in [1.165, 1.54) is 13.0 Å². The van der Waals surface area contributed by atoms with Gasteiger partial charge in [0, 0.05) is 12.6 Å². The first kappa shape index (κ1) is 6.09. The second-order valence-corrected chi connectivity index (χ2v) is 3.87. The number of hydrogen-bond acceptors (Lipinski definition) is 1. The van der Waals surface area contributed by atoms with E-state index < -0.39 is 0 Å². The molecule has 0 aliphatic carbocycles. The third-order valence-corrected chi connectivity index (χ3v) is 1.35. The summed E-state index contributed by atoms with van der Waals surface area (Å²) in [5.41, 5.74) is 0.522. The fourth-order valence-corrected chi connectivity index (χ4v) is 0.967. The van der Waals surface area contributed by atoms with E-state index >= 15 is 0 Å². The SMILES string of the molecule is CC(C)(C)C[C@@H]1CN1. The quantitative estimate of drug-likeness (QED) is 0.510. The van der Waals surface area contributed by atoms with E-state index in [0.717, 1.165) is 6.04 Å². The van der Waals surface area contributed by atoms with Gasteiger partial charge in [0.1, 0.15) is 0 Å². The summed E-state index contributed by atoms with van der Waals surface area (Å²) < 4.78 is 0. The van der Waals surface area contributed by atoms with E-state index in [9.17, 15) is 0 Å². The Labute approximate surface area is 51.5 Å². The van der Waals surface area contributed by atoms with Gasteiger partial charge < -0.3 is 5.32 Å². The molecule has 0 aromatic carbocycles. The lowest BCUT2D eigenvalue weighted by Crippen LogP contribution is -2.09. The largest absolute Gasteiger partial charge is 0.311 e. The van der Waals surface area contributed by atoms with Crippen LogP contribution in [0.15, 0.2) is 0 Å². The van der Waals surface area contributed by atoms with Crippen molar-refractivity contribution in [2.24, 2.45) is 5.41 Å². The fourth-order valence-electron chi connectivity index (χ4n) is 0.967. The van der Waals surface area contributed by atoms with Crippen LogP contribution in [-0.2, 0) is 0 Å². The molecule has 0 bridgehead atoms. The molecule has 0 unspecified atom stereocenters. The Bertz CT molecular complexity index is 76.9. The van der Waals surface area contributed by atoms with Crippen molar-refractivity contribution < 1.29 is 0 Å². The van der Waals surface area contributed by atoms with Crippen molar-refractivity contribution in [2.45, 2.75) is 33.2 Å². The summed E-state index contributed by atoms with van der Waals surface area (Å²) in [6.07, 6.45) is 1.33. The van der Waals surface area contributed by atoms with Gasteiger partial charge in [-0.25, -0.2) is 0 Å². The highest BCUT2D eigenvalue weighted by Crippen LogP contribution is 2.23. The Kier molecular flexibility index (Phi) is 1.31. The molecule has 0 saturated carbocycles. The minimum Gasteiger partial charge on any atom is -0.311 e. The Balaban J connectivity index is 2.16. The van der Waals surface area contributed by atoms with Crippen LogP contribution in [0.5, 0.6) is 0 Å². The summed E-state index contributed by atoms with van der Waals surface area (Å²) in [5.74, 6) is 0. The number of hydrogen-bond donors (Lipinski definition) is 1. The number of nitrogens with one attached hydrogen (secondary N) is 1. The lowest BCUT2D eigenvalue weighted by atomic mass is 9.91. The monoisotopic (exact) mass is 113 g/mol. The first-order valence-electron chi connectivity index (χ1n) is 3.31. The van der Waals surface area contributed by atoms with Gasteiger partial charge in [-0.2, -0.15) is 0 Å². The maximum Gasteiger partial charge on any atom is 0.0198 e. The Morgan fingerprint density at radius 1 is 1.50 bits per heavy atom. The van der Waals surface area contributed by atoms with Gasteiger partial charge in [-0.3, -0.25) is 0 Å². The second kappa shape index (κ2) is 1.73. The average molecular weight is 113 g/mol.